The molecule has 0 saturated heterocycles. The fraction of sp³-hybridized carbons (Fsp3) is 0.409. The Kier molecular flexibility index (Phi) is 8.77. The highest BCUT2D eigenvalue weighted by Crippen LogP contribution is 2.34. The maximum atomic E-state index is 12.1. The van der Waals surface area contributed by atoms with Crippen LogP contribution in [0.3, 0.4) is 0 Å². The van der Waals surface area contributed by atoms with E-state index in [2.05, 4.69) is 39.8 Å². The third kappa shape index (κ3) is 6.95. The van der Waals surface area contributed by atoms with E-state index in [9.17, 15) is 4.39 Å². The molecule has 0 aliphatic heterocycles. The highest BCUT2D eigenvalue weighted by Gasteiger charge is 2.26. The summed E-state index contributed by atoms with van der Waals surface area (Å²) in [5.74, 6) is 1.39. The number of nitrogen functional groups attached to an aromatic ring is 1. The Morgan fingerprint density at radius 3 is 1.92 bits per heavy atom. The number of benzene rings is 2. The van der Waals surface area contributed by atoms with Gasteiger partial charge in [0.15, 0.2) is 0 Å². The molecular weight excluding hydrogens is 329 g/mol. The Morgan fingerprint density at radius 2 is 1.56 bits per heavy atom. The Labute approximate surface area is 157 Å². The van der Waals surface area contributed by atoms with Crippen LogP contribution in [0.5, 0.6) is 0 Å². The lowest BCUT2D eigenvalue weighted by Gasteiger charge is -2.29. The molecule has 0 amide bonds. The second kappa shape index (κ2) is 10.3. The van der Waals surface area contributed by atoms with Crippen LogP contribution in [0.4, 0.5) is 10.1 Å². The molecule has 0 saturated carbocycles. The zero-order valence-electron chi connectivity index (χ0n) is 15.9. The number of rotatable bonds is 5. The molecule has 0 aliphatic rings. The number of hydrogen-bond acceptors (Lipinski definition) is 2. The first-order chi connectivity index (χ1) is 11.8. The van der Waals surface area contributed by atoms with E-state index in [0.29, 0.717) is 17.8 Å². The van der Waals surface area contributed by atoms with E-state index in [1.807, 2.05) is 19.1 Å². The smallest absolute Gasteiger partial charge is 0.123 e. The average Bonchev–Trinajstić information content (AvgIpc) is 2.56. The lowest BCUT2D eigenvalue weighted by molar-refractivity contribution is 0.407. The monoisotopic (exact) mass is 359 g/mol. The van der Waals surface area contributed by atoms with Crippen molar-refractivity contribution >= 4 is 22.8 Å². The summed E-state index contributed by atoms with van der Waals surface area (Å²) in [6, 6.07) is 14.6. The standard InChI is InChI=1S/C15H23NS.C7H7F/c1-5-14(15(10(2)3)11(4)17)12-6-8-13(16)9-7-12;1-6-2-4-7(8)5-3-6/h6-10,14-15H,5,16H2,1-4H3;2-5H,1H3. The van der Waals surface area contributed by atoms with Gasteiger partial charge in [-0.25, -0.2) is 4.39 Å². The molecule has 0 aliphatic carbocycles. The van der Waals surface area contributed by atoms with Gasteiger partial charge in [0.25, 0.3) is 0 Å². The Hall–Kier alpha value is -1.74. The topological polar surface area (TPSA) is 26.0 Å². The summed E-state index contributed by atoms with van der Waals surface area (Å²) in [5.41, 5.74) is 9.00. The molecule has 0 radical (unpaired) electrons. The predicted molar refractivity (Wildman–Crippen MR) is 112 cm³/mol. The first-order valence-electron chi connectivity index (χ1n) is 8.84. The molecule has 2 rings (SSSR count). The molecule has 2 N–H and O–H groups in total. The van der Waals surface area contributed by atoms with Crippen LogP contribution in [0, 0.1) is 24.6 Å². The van der Waals surface area contributed by atoms with Gasteiger partial charge in [0.2, 0.25) is 0 Å². The van der Waals surface area contributed by atoms with Gasteiger partial charge < -0.3 is 5.73 Å². The van der Waals surface area contributed by atoms with Gasteiger partial charge in [-0.15, -0.1) is 0 Å². The fourth-order valence-corrected chi connectivity index (χ4v) is 3.63. The number of hydrogen-bond donors (Lipinski definition) is 1. The predicted octanol–water partition coefficient (Wildman–Crippen LogP) is 6.56. The van der Waals surface area contributed by atoms with Crippen molar-refractivity contribution in [3.05, 3.63) is 65.5 Å². The van der Waals surface area contributed by atoms with Gasteiger partial charge in [-0.1, -0.05) is 62.8 Å². The molecule has 0 heterocycles. The number of thiocarbonyl (C=S) groups is 1. The molecule has 2 atom stereocenters. The van der Waals surface area contributed by atoms with Crippen LogP contribution in [0.2, 0.25) is 0 Å². The van der Waals surface area contributed by atoms with E-state index < -0.39 is 0 Å². The summed E-state index contributed by atoms with van der Waals surface area (Å²) in [6.45, 7) is 10.7. The van der Waals surface area contributed by atoms with Crippen molar-refractivity contribution in [3.8, 4) is 0 Å². The summed E-state index contributed by atoms with van der Waals surface area (Å²) in [6.07, 6.45) is 1.11. The third-order valence-corrected chi connectivity index (χ3v) is 4.71. The lowest BCUT2D eigenvalue weighted by Crippen LogP contribution is -2.24. The molecule has 25 heavy (non-hydrogen) atoms. The molecule has 2 aromatic rings. The van der Waals surface area contributed by atoms with Crippen LogP contribution in [0.1, 0.15) is 51.2 Å². The summed E-state index contributed by atoms with van der Waals surface area (Å²) in [4.78, 5) is 1.11. The molecule has 3 heteroatoms. The molecule has 2 aromatic carbocycles. The molecular formula is C22H30FNS. The van der Waals surface area contributed by atoms with Gasteiger partial charge in [0.05, 0.1) is 0 Å². The minimum Gasteiger partial charge on any atom is -0.399 e. The number of aryl methyl sites for hydroxylation is 1. The van der Waals surface area contributed by atoms with Crippen molar-refractivity contribution in [1.29, 1.82) is 0 Å². The van der Waals surface area contributed by atoms with Crippen molar-refractivity contribution in [1.82, 2.24) is 0 Å². The maximum absolute atomic E-state index is 12.1. The second-order valence-electron chi connectivity index (χ2n) is 6.86. The molecule has 136 valence electrons. The minimum atomic E-state index is -0.171. The fourth-order valence-electron chi connectivity index (χ4n) is 3.19. The van der Waals surface area contributed by atoms with Gasteiger partial charge in [-0.05, 0) is 72.7 Å². The van der Waals surface area contributed by atoms with Gasteiger partial charge in [0, 0.05) is 5.69 Å². The Morgan fingerprint density at radius 1 is 1.04 bits per heavy atom. The van der Waals surface area contributed by atoms with Crippen LogP contribution in [-0.4, -0.2) is 4.86 Å². The van der Waals surface area contributed by atoms with E-state index in [1.165, 1.54) is 17.7 Å². The Balaban J connectivity index is 0.000000324. The van der Waals surface area contributed by atoms with Crippen molar-refractivity contribution < 1.29 is 4.39 Å². The third-order valence-electron chi connectivity index (χ3n) is 4.44. The normalized spacial score (nSPS) is 12.9. The summed E-state index contributed by atoms with van der Waals surface area (Å²) in [7, 11) is 0. The average molecular weight is 360 g/mol. The summed E-state index contributed by atoms with van der Waals surface area (Å²) in [5, 5.41) is 0. The Bertz CT molecular complexity index is 626. The number of anilines is 1. The van der Waals surface area contributed by atoms with Crippen LogP contribution in [0.25, 0.3) is 0 Å². The SMILES string of the molecule is CCC(c1ccc(N)cc1)C(C(C)=S)C(C)C.Cc1ccc(F)cc1. The molecule has 2 unspecified atom stereocenters. The number of nitrogens with two attached hydrogens (primary N) is 1. The first-order valence-corrected chi connectivity index (χ1v) is 9.25. The van der Waals surface area contributed by atoms with Crippen molar-refractivity contribution in [2.45, 2.75) is 47.0 Å². The quantitative estimate of drug-likeness (QED) is 0.483. The van der Waals surface area contributed by atoms with Crippen LogP contribution in [-0.2, 0) is 0 Å². The zero-order chi connectivity index (χ0) is 19.0. The van der Waals surface area contributed by atoms with Crippen molar-refractivity contribution in [2.75, 3.05) is 5.73 Å². The molecule has 0 spiro atoms. The zero-order valence-corrected chi connectivity index (χ0v) is 16.7. The van der Waals surface area contributed by atoms with Crippen molar-refractivity contribution in [2.24, 2.45) is 11.8 Å². The van der Waals surface area contributed by atoms with E-state index in [0.717, 1.165) is 22.5 Å². The van der Waals surface area contributed by atoms with E-state index in [-0.39, 0.29) is 5.82 Å². The number of halogens is 1. The largest absolute Gasteiger partial charge is 0.399 e. The van der Waals surface area contributed by atoms with Gasteiger partial charge >= 0.3 is 0 Å². The second-order valence-corrected chi connectivity index (χ2v) is 7.50. The van der Waals surface area contributed by atoms with Crippen molar-refractivity contribution in [3.63, 3.8) is 0 Å². The van der Waals surface area contributed by atoms with Crippen LogP contribution < -0.4 is 5.73 Å². The highest BCUT2D eigenvalue weighted by molar-refractivity contribution is 7.80. The highest BCUT2D eigenvalue weighted by atomic mass is 32.1. The van der Waals surface area contributed by atoms with Crippen LogP contribution in [0.15, 0.2) is 48.5 Å². The van der Waals surface area contributed by atoms with Gasteiger partial charge in [0.1, 0.15) is 5.82 Å². The first kappa shape index (κ1) is 21.3. The van der Waals surface area contributed by atoms with Gasteiger partial charge in [-0.3, -0.25) is 0 Å². The van der Waals surface area contributed by atoms with E-state index in [4.69, 9.17) is 18.0 Å². The lowest BCUT2D eigenvalue weighted by atomic mass is 9.76. The summed E-state index contributed by atoms with van der Waals surface area (Å²) >= 11 is 5.44. The molecule has 0 bridgehead atoms. The molecule has 0 fully saturated rings. The van der Waals surface area contributed by atoms with E-state index >= 15 is 0 Å². The maximum Gasteiger partial charge on any atom is 0.123 e. The minimum absolute atomic E-state index is 0.171. The van der Waals surface area contributed by atoms with Crippen LogP contribution >= 0.6 is 12.2 Å². The molecule has 0 aromatic heterocycles. The van der Waals surface area contributed by atoms with E-state index in [1.54, 1.807) is 12.1 Å². The van der Waals surface area contributed by atoms with Gasteiger partial charge in [-0.2, -0.15) is 0 Å². The molecule has 1 nitrogen and oxygen atoms in total. The summed E-state index contributed by atoms with van der Waals surface area (Å²) < 4.78 is 12.1.